The fourth-order valence-corrected chi connectivity index (χ4v) is 4.42. The van der Waals surface area contributed by atoms with Gasteiger partial charge in [-0.05, 0) is 62.1 Å². The van der Waals surface area contributed by atoms with Crippen molar-refractivity contribution in [2.45, 2.75) is 46.6 Å². The number of aryl methyl sites for hydroxylation is 1. The van der Waals surface area contributed by atoms with Crippen LogP contribution in [0.1, 0.15) is 66.9 Å². The zero-order valence-electron chi connectivity index (χ0n) is 19.4. The third kappa shape index (κ3) is 4.08. The highest BCUT2D eigenvalue weighted by molar-refractivity contribution is 6.32. The van der Waals surface area contributed by atoms with Crippen LogP contribution in [0.25, 0.3) is 11.0 Å². The molecule has 0 saturated heterocycles. The smallest absolute Gasteiger partial charge is 0.290 e. The Balaban J connectivity index is 1.92. The van der Waals surface area contributed by atoms with Gasteiger partial charge in [-0.3, -0.25) is 9.59 Å². The molecule has 0 aliphatic carbocycles. The number of hydrogen-bond donors (Lipinski definition) is 0. The third-order valence-electron chi connectivity index (χ3n) is 5.76. The van der Waals surface area contributed by atoms with Crippen LogP contribution >= 0.6 is 11.6 Å². The highest BCUT2D eigenvalue weighted by Crippen LogP contribution is 2.41. The predicted octanol–water partition coefficient (Wildman–Crippen LogP) is 5.90. The van der Waals surface area contributed by atoms with E-state index in [-0.39, 0.29) is 17.1 Å². The monoisotopic (exact) mass is 469 g/mol. The normalized spacial score (nSPS) is 15.2. The molecule has 1 atom stereocenters. The Hall–Kier alpha value is -2.99. The van der Waals surface area contributed by atoms with E-state index in [1.54, 1.807) is 17.0 Å². The zero-order chi connectivity index (χ0) is 23.7. The van der Waals surface area contributed by atoms with Gasteiger partial charge in [-0.2, -0.15) is 0 Å². The van der Waals surface area contributed by atoms with Gasteiger partial charge in [-0.15, -0.1) is 0 Å². The van der Waals surface area contributed by atoms with E-state index in [4.69, 9.17) is 25.5 Å². The van der Waals surface area contributed by atoms with Gasteiger partial charge in [0.15, 0.2) is 16.9 Å². The molecule has 2 aromatic carbocycles. The van der Waals surface area contributed by atoms with Crippen LogP contribution in [0.3, 0.4) is 0 Å². The van der Waals surface area contributed by atoms with Gasteiger partial charge in [0, 0.05) is 11.6 Å². The molecule has 0 radical (unpaired) electrons. The van der Waals surface area contributed by atoms with Crippen LogP contribution in [0.4, 0.5) is 0 Å². The van der Waals surface area contributed by atoms with Crippen molar-refractivity contribution in [3.63, 3.8) is 0 Å². The molecule has 0 fully saturated rings. The third-order valence-corrected chi connectivity index (χ3v) is 6.16. The maximum Gasteiger partial charge on any atom is 0.290 e. The molecular formula is C26H28ClNO5. The van der Waals surface area contributed by atoms with Crippen LogP contribution < -0.4 is 14.9 Å². The number of nitrogens with zero attached hydrogens (tertiary/aromatic N) is 1. The summed E-state index contributed by atoms with van der Waals surface area (Å²) < 4.78 is 17.7. The Labute approximate surface area is 198 Å². The summed E-state index contributed by atoms with van der Waals surface area (Å²) in [5.74, 6) is 1.04. The van der Waals surface area contributed by atoms with E-state index in [1.807, 2.05) is 45.9 Å². The highest BCUT2D eigenvalue weighted by atomic mass is 35.5. The summed E-state index contributed by atoms with van der Waals surface area (Å²) in [5, 5.41) is 0.852. The summed E-state index contributed by atoms with van der Waals surface area (Å²) in [5.41, 5.74) is 2.01. The van der Waals surface area contributed by atoms with E-state index >= 15 is 0 Å². The molecule has 3 aromatic rings. The lowest BCUT2D eigenvalue weighted by atomic mass is 9.97. The molecule has 0 bridgehead atoms. The van der Waals surface area contributed by atoms with E-state index in [0.29, 0.717) is 52.8 Å². The molecule has 33 heavy (non-hydrogen) atoms. The second-order valence-corrected chi connectivity index (χ2v) is 8.57. The van der Waals surface area contributed by atoms with E-state index < -0.39 is 6.04 Å². The summed E-state index contributed by atoms with van der Waals surface area (Å²) in [6.45, 7) is 9.30. The van der Waals surface area contributed by atoms with Crippen molar-refractivity contribution in [1.82, 2.24) is 4.90 Å². The van der Waals surface area contributed by atoms with Gasteiger partial charge in [0.25, 0.3) is 5.91 Å². The summed E-state index contributed by atoms with van der Waals surface area (Å²) in [6, 6.07) is 8.33. The fraction of sp³-hybridized carbons (Fsp3) is 0.385. The highest BCUT2D eigenvalue weighted by Gasteiger charge is 2.42. The number of carbonyl (C=O) groups is 1. The first-order chi connectivity index (χ1) is 15.9. The van der Waals surface area contributed by atoms with E-state index in [9.17, 15) is 9.59 Å². The summed E-state index contributed by atoms with van der Waals surface area (Å²) >= 11 is 6.30. The van der Waals surface area contributed by atoms with Gasteiger partial charge >= 0.3 is 0 Å². The first kappa shape index (κ1) is 23.2. The van der Waals surface area contributed by atoms with Crippen LogP contribution in [0.2, 0.25) is 5.02 Å². The second kappa shape index (κ2) is 9.48. The number of benzene rings is 2. The lowest BCUT2D eigenvalue weighted by Crippen LogP contribution is -2.30. The number of fused-ring (bicyclic) bond motifs is 2. The van der Waals surface area contributed by atoms with E-state index in [2.05, 4.69) is 0 Å². The summed E-state index contributed by atoms with van der Waals surface area (Å²) in [6.07, 6.45) is 1.61. The average molecular weight is 470 g/mol. The maximum atomic E-state index is 13.6. The average Bonchev–Trinajstić information content (AvgIpc) is 3.07. The molecule has 2 heterocycles. The van der Waals surface area contributed by atoms with Crippen molar-refractivity contribution in [1.29, 1.82) is 0 Å². The lowest BCUT2D eigenvalue weighted by Gasteiger charge is -2.25. The quantitative estimate of drug-likeness (QED) is 0.411. The number of ether oxygens (including phenoxy) is 2. The second-order valence-electron chi connectivity index (χ2n) is 8.16. The molecule has 1 aromatic heterocycles. The molecule has 1 amide bonds. The van der Waals surface area contributed by atoms with Gasteiger partial charge in [-0.25, -0.2) is 0 Å². The first-order valence-corrected chi connectivity index (χ1v) is 11.8. The molecular weight excluding hydrogens is 442 g/mol. The molecule has 1 unspecified atom stereocenters. The van der Waals surface area contributed by atoms with Crippen molar-refractivity contribution in [2.24, 2.45) is 0 Å². The van der Waals surface area contributed by atoms with Crippen molar-refractivity contribution < 1.29 is 18.7 Å². The van der Waals surface area contributed by atoms with Gasteiger partial charge in [0.1, 0.15) is 5.58 Å². The predicted molar refractivity (Wildman–Crippen MR) is 129 cm³/mol. The Morgan fingerprint density at radius 1 is 1.03 bits per heavy atom. The standard InChI is InChI=1S/C26H28ClNO5/c1-5-10-28-23(16-8-9-19(32-11-6-2)21(13-16)31-7-3)22-24(29)17-14-18(27)15(4)12-20(17)33-25(22)26(28)30/h8-9,12-14,23H,5-7,10-11H2,1-4H3. The Morgan fingerprint density at radius 3 is 2.52 bits per heavy atom. The Morgan fingerprint density at radius 2 is 1.82 bits per heavy atom. The Kier molecular flexibility index (Phi) is 6.66. The molecule has 4 rings (SSSR count). The van der Waals surface area contributed by atoms with Crippen molar-refractivity contribution >= 4 is 28.5 Å². The number of halogens is 1. The van der Waals surface area contributed by atoms with Crippen molar-refractivity contribution in [3.8, 4) is 11.5 Å². The largest absolute Gasteiger partial charge is 0.490 e. The minimum Gasteiger partial charge on any atom is -0.490 e. The van der Waals surface area contributed by atoms with Gasteiger partial charge in [0.2, 0.25) is 5.76 Å². The fourth-order valence-electron chi connectivity index (χ4n) is 4.25. The van der Waals surface area contributed by atoms with Gasteiger partial charge < -0.3 is 18.8 Å². The number of amides is 1. The number of rotatable bonds is 8. The van der Waals surface area contributed by atoms with Crippen molar-refractivity contribution in [3.05, 3.63) is 68.0 Å². The number of carbonyl (C=O) groups excluding carboxylic acids is 1. The molecule has 6 nitrogen and oxygen atoms in total. The molecule has 1 aliphatic heterocycles. The van der Waals surface area contributed by atoms with Crippen LogP contribution in [0, 0.1) is 6.92 Å². The van der Waals surface area contributed by atoms with Gasteiger partial charge in [0.05, 0.1) is 30.2 Å². The van der Waals surface area contributed by atoms with Gasteiger partial charge in [-0.1, -0.05) is 31.5 Å². The SMILES string of the molecule is CCCOc1ccc(C2c3c(oc4cc(C)c(Cl)cc4c3=O)C(=O)N2CCC)cc1OCC. The Bertz CT molecular complexity index is 1270. The molecule has 7 heteroatoms. The minimum atomic E-state index is -0.576. The maximum absolute atomic E-state index is 13.6. The summed E-state index contributed by atoms with van der Waals surface area (Å²) in [7, 11) is 0. The van der Waals surface area contributed by atoms with Crippen LogP contribution in [0.15, 0.2) is 39.5 Å². The molecule has 0 N–H and O–H groups in total. The molecule has 174 valence electrons. The molecule has 0 saturated carbocycles. The van der Waals surface area contributed by atoms with Crippen LogP contribution in [-0.2, 0) is 0 Å². The topological polar surface area (TPSA) is 69.0 Å². The number of hydrogen-bond acceptors (Lipinski definition) is 5. The summed E-state index contributed by atoms with van der Waals surface area (Å²) in [4.78, 5) is 28.7. The zero-order valence-corrected chi connectivity index (χ0v) is 20.1. The van der Waals surface area contributed by atoms with Crippen LogP contribution in [-0.4, -0.2) is 30.6 Å². The first-order valence-electron chi connectivity index (χ1n) is 11.4. The lowest BCUT2D eigenvalue weighted by molar-refractivity contribution is 0.0728. The van der Waals surface area contributed by atoms with E-state index in [0.717, 1.165) is 24.0 Å². The van der Waals surface area contributed by atoms with E-state index in [1.165, 1.54) is 0 Å². The van der Waals surface area contributed by atoms with Crippen molar-refractivity contribution in [2.75, 3.05) is 19.8 Å². The molecule has 0 spiro atoms. The molecule has 1 aliphatic rings. The minimum absolute atomic E-state index is 0.0944. The van der Waals surface area contributed by atoms with Crippen LogP contribution in [0.5, 0.6) is 11.5 Å².